The lowest BCUT2D eigenvalue weighted by atomic mass is 10.4. The summed E-state index contributed by atoms with van der Waals surface area (Å²) in [6.07, 6.45) is 0. The van der Waals surface area contributed by atoms with E-state index in [1.54, 1.807) is 31.4 Å². The molecule has 2 heterocycles. The van der Waals surface area contributed by atoms with Gasteiger partial charge in [-0.3, -0.25) is 0 Å². The van der Waals surface area contributed by atoms with Gasteiger partial charge in [-0.15, -0.1) is 11.3 Å². The zero-order chi connectivity index (χ0) is 15.5. The zero-order valence-corrected chi connectivity index (χ0v) is 14.1. The molecule has 0 aliphatic heterocycles. The van der Waals surface area contributed by atoms with E-state index in [0.717, 1.165) is 11.4 Å². The van der Waals surface area contributed by atoms with Crippen LogP contribution in [-0.2, 0) is 23.1 Å². The van der Waals surface area contributed by atoms with Crippen LogP contribution in [0.4, 0.5) is 0 Å². The minimum atomic E-state index is -3.53. The van der Waals surface area contributed by atoms with Gasteiger partial charge in [0.1, 0.15) is 16.4 Å². The molecule has 0 unspecified atom stereocenters. The van der Waals surface area contributed by atoms with Gasteiger partial charge in [-0.2, -0.15) is 4.31 Å². The van der Waals surface area contributed by atoms with Gasteiger partial charge < -0.3 is 9.73 Å². The van der Waals surface area contributed by atoms with Crippen LogP contribution >= 0.6 is 11.3 Å². The lowest BCUT2D eigenvalue weighted by Gasteiger charge is -2.15. The second kappa shape index (κ2) is 6.74. The fourth-order valence-electron chi connectivity index (χ4n) is 1.99. The first-order valence-electron chi connectivity index (χ1n) is 6.74. The van der Waals surface area contributed by atoms with Crippen LogP contribution in [0.5, 0.6) is 0 Å². The van der Waals surface area contributed by atoms with E-state index in [0.29, 0.717) is 24.6 Å². The second-order valence-electron chi connectivity index (χ2n) is 4.75. The van der Waals surface area contributed by atoms with Crippen molar-refractivity contribution in [2.24, 2.45) is 0 Å². The molecule has 1 N–H and O–H groups in total. The molecule has 116 valence electrons. The van der Waals surface area contributed by atoms with Crippen LogP contribution in [0.25, 0.3) is 0 Å². The zero-order valence-electron chi connectivity index (χ0n) is 12.4. The quantitative estimate of drug-likeness (QED) is 0.848. The SMILES string of the molecule is CCNCc1cc(S(=O)(=O)N(C)Cc2cccs2)c(C)o1. The Bertz CT molecular complexity index is 675. The summed E-state index contributed by atoms with van der Waals surface area (Å²) in [5, 5.41) is 5.06. The number of rotatable bonds is 7. The van der Waals surface area contributed by atoms with Crippen LogP contribution in [0.15, 0.2) is 32.9 Å². The minimum absolute atomic E-state index is 0.245. The standard InChI is InChI=1S/C14H20N2O3S2/c1-4-15-9-12-8-14(11(2)19-12)21(17,18)16(3)10-13-6-5-7-20-13/h5-8,15H,4,9-10H2,1-3H3. The molecule has 0 radical (unpaired) electrons. The van der Waals surface area contributed by atoms with E-state index >= 15 is 0 Å². The Morgan fingerprint density at radius 3 is 2.81 bits per heavy atom. The van der Waals surface area contributed by atoms with Crippen molar-refractivity contribution in [1.29, 1.82) is 0 Å². The summed E-state index contributed by atoms with van der Waals surface area (Å²) in [7, 11) is -1.94. The summed E-state index contributed by atoms with van der Waals surface area (Å²) >= 11 is 1.54. The van der Waals surface area contributed by atoms with E-state index in [4.69, 9.17) is 4.42 Å². The van der Waals surface area contributed by atoms with Gasteiger partial charge in [0.05, 0.1) is 6.54 Å². The third-order valence-electron chi connectivity index (χ3n) is 3.12. The lowest BCUT2D eigenvalue weighted by Crippen LogP contribution is -2.26. The number of hydrogen-bond acceptors (Lipinski definition) is 5. The Balaban J connectivity index is 2.20. The van der Waals surface area contributed by atoms with Gasteiger partial charge in [0, 0.05) is 24.5 Å². The fraction of sp³-hybridized carbons (Fsp3) is 0.429. The van der Waals surface area contributed by atoms with Crippen molar-refractivity contribution in [3.05, 3.63) is 40.0 Å². The Kier molecular flexibility index (Phi) is 5.21. The summed E-state index contributed by atoms with van der Waals surface area (Å²) in [4.78, 5) is 1.25. The van der Waals surface area contributed by atoms with Gasteiger partial charge in [-0.1, -0.05) is 13.0 Å². The Hall–Kier alpha value is -1.15. The van der Waals surface area contributed by atoms with E-state index in [1.807, 2.05) is 24.4 Å². The first kappa shape index (κ1) is 16.2. The molecule has 0 bridgehead atoms. The minimum Gasteiger partial charge on any atom is -0.464 e. The maximum absolute atomic E-state index is 12.6. The predicted molar refractivity (Wildman–Crippen MR) is 83.8 cm³/mol. The molecule has 0 fully saturated rings. The van der Waals surface area contributed by atoms with Crippen molar-refractivity contribution in [3.63, 3.8) is 0 Å². The van der Waals surface area contributed by atoms with Gasteiger partial charge in [-0.05, 0) is 24.9 Å². The highest BCUT2D eigenvalue weighted by molar-refractivity contribution is 7.89. The molecule has 0 amide bonds. The van der Waals surface area contributed by atoms with E-state index in [2.05, 4.69) is 5.32 Å². The molecule has 0 aliphatic rings. The van der Waals surface area contributed by atoms with E-state index in [-0.39, 0.29) is 4.90 Å². The summed E-state index contributed by atoms with van der Waals surface area (Å²) in [5.74, 6) is 1.07. The highest BCUT2D eigenvalue weighted by Crippen LogP contribution is 2.24. The van der Waals surface area contributed by atoms with Crippen LogP contribution in [0, 0.1) is 6.92 Å². The van der Waals surface area contributed by atoms with Gasteiger partial charge in [0.2, 0.25) is 10.0 Å². The Morgan fingerprint density at radius 2 is 2.19 bits per heavy atom. The first-order valence-corrected chi connectivity index (χ1v) is 9.06. The molecule has 2 aromatic rings. The third-order valence-corrected chi connectivity index (χ3v) is 5.89. The van der Waals surface area contributed by atoms with Crippen molar-refractivity contribution in [1.82, 2.24) is 9.62 Å². The summed E-state index contributed by atoms with van der Waals surface area (Å²) in [6, 6.07) is 5.45. The van der Waals surface area contributed by atoms with Crippen molar-refractivity contribution in [2.75, 3.05) is 13.6 Å². The predicted octanol–water partition coefficient (Wildman–Crippen LogP) is 2.58. The molecule has 0 aliphatic carbocycles. The lowest BCUT2D eigenvalue weighted by molar-refractivity contribution is 0.450. The maximum Gasteiger partial charge on any atom is 0.246 e. The van der Waals surface area contributed by atoms with Gasteiger partial charge in [0.15, 0.2) is 0 Å². The maximum atomic E-state index is 12.6. The highest BCUT2D eigenvalue weighted by atomic mass is 32.2. The number of nitrogens with zero attached hydrogens (tertiary/aromatic N) is 1. The smallest absolute Gasteiger partial charge is 0.246 e. The normalized spacial score (nSPS) is 12.2. The third kappa shape index (κ3) is 3.74. The van der Waals surface area contributed by atoms with Crippen molar-refractivity contribution < 1.29 is 12.8 Å². The van der Waals surface area contributed by atoms with E-state index in [1.165, 1.54) is 4.31 Å². The molecule has 2 aromatic heterocycles. The molecule has 21 heavy (non-hydrogen) atoms. The van der Waals surface area contributed by atoms with Crippen LogP contribution in [0.1, 0.15) is 23.3 Å². The molecule has 7 heteroatoms. The molecular weight excluding hydrogens is 308 g/mol. The monoisotopic (exact) mass is 328 g/mol. The number of sulfonamides is 1. The van der Waals surface area contributed by atoms with Crippen molar-refractivity contribution in [2.45, 2.75) is 31.8 Å². The largest absolute Gasteiger partial charge is 0.464 e. The number of aryl methyl sites for hydroxylation is 1. The molecular formula is C14H20N2O3S2. The molecule has 0 aromatic carbocycles. The van der Waals surface area contributed by atoms with Crippen LogP contribution in [-0.4, -0.2) is 26.3 Å². The highest BCUT2D eigenvalue weighted by Gasteiger charge is 2.26. The van der Waals surface area contributed by atoms with Gasteiger partial charge >= 0.3 is 0 Å². The topological polar surface area (TPSA) is 62.6 Å². The summed E-state index contributed by atoms with van der Waals surface area (Å²) in [6.45, 7) is 5.37. The molecule has 5 nitrogen and oxygen atoms in total. The van der Waals surface area contributed by atoms with Crippen LogP contribution in [0.2, 0.25) is 0 Å². The average molecular weight is 328 g/mol. The first-order chi connectivity index (χ1) is 9.95. The fourth-order valence-corrected chi connectivity index (χ4v) is 4.16. The van der Waals surface area contributed by atoms with Crippen LogP contribution in [0.3, 0.4) is 0 Å². The Labute approximate surface area is 129 Å². The molecule has 0 atom stereocenters. The average Bonchev–Trinajstić information content (AvgIpc) is 3.06. The van der Waals surface area contributed by atoms with Crippen LogP contribution < -0.4 is 5.32 Å². The molecule has 0 saturated carbocycles. The van der Waals surface area contributed by atoms with Crippen molar-refractivity contribution >= 4 is 21.4 Å². The number of nitrogens with one attached hydrogen (secondary N) is 1. The molecule has 0 spiro atoms. The molecule has 2 rings (SSSR count). The van der Waals surface area contributed by atoms with Crippen molar-refractivity contribution in [3.8, 4) is 0 Å². The van der Waals surface area contributed by atoms with Gasteiger partial charge in [-0.25, -0.2) is 8.42 Å². The Morgan fingerprint density at radius 1 is 1.43 bits per heavy atom. The number of hydrogen-bond donors (Lipinski definition) is 1. The summed E-state index contributed by atoms with van der Waals surface area (Å²) < 4.78 is 32.1. The summed E-state index contributed by atoms with van der Waals surface area (Å²) in [5.41, 5.74) is 0. The van der Waals surface area contributed by atoms with E-state index in [9.17, 15) is 8.42 Å². The van der Waals surface area contributed by atoms with E-state index < -0.39 is 10.0 Å². The molecule has 0 saturated heterocycles. The number of furan rings is 1. The number of thiophene rings is 1. The van der Waals surface area contributed by atoms with Gasteiger partial charge in [0.25, 0.3) is 0 Å². The second-order valence-corrected chi connectivity index (χ2v) is 7.80.